The molecule has 0 fully saturated rings. The number of thioether (sulfide) groups is 1. The zero-order chi connectivity index (χ0) is 15.9. The van der Waals surface area contributed by atoms with Gasteiger partial charge in [0.15, 0.2) is 0 Å². The summed E-state index contributed by atoms with van der Waals surface area (Å²) in [6.07, 6.45) is 2.91. The van der Waals surface area contributed by atoms with Gasteiger partial charge in [-0.25, -0.2) is 0 Å². The van der Waals surface area contributed by atoms with Gasteiger partial charge in [-0.2, -0.15) is 11.8 Å². The number of aromatic amines is 1. The van der Waals surface area contributed by atoms with E-state index in [0.717, 1.165) is 23.6 Å². The second-order valence-electron chi connectivity index (χ2n) is 6.44. The van der Waals surface area contributed by atoms with E-state index in [4.69, 9.17) is 0 Å². The van der Waals surface area contributed by atoms with Crippen LogP contribution in [0.3, 0.4) is 0 Å². The molecular formula is C18H28N2OS. The van der Waals surface area contributed by atoms with Crippen molar-refractivity contribution in [3.63, 3.8) is 0 Å². The maximum atomic E-state index is 9.68. The highest BCUT2D eigenvalue weighted by Gasteiger charge is 2.14. The van der Waals surface area contributed by atoms with E-state index in [1.54, 1.807) is 0 Å². The molecule has 0 radical (unpaired) electrons. The van der Waals surface area contributed by atoms with E-state index in [2.05, 4.69) is 55.5 Å². The van der Waals surface area contributed by atoms with Crippen LogP contribution in [0.4, 0.5) is 0 Å². The summed E-state index contributed by atoms with van der Waals surface area (Å²) in [6.45, 7) is 6.86. The van der Waals surface area contributed by atoms with Crippen LogP contribution < -0.4 is 5.32 Å². The number of H-pyrrole nitrogens is 1. The molecule has 0 amide bonds. The lowest BCUT2D eigenvalue weighted by Gasteiger charge is -2.21. The Morgan fingerprint density at radius 3 is 2.68 bits per heavy atom. The maximum Gasteiger partial charge on any atom is 0.0587 e. The molecule has 3 nitrogen and oxygen atoms in total. The van der Waals surface area contributed by atoms with Crippen molar-refractivity contribution in [2.45, 2.75) is 39.3 Å². The molecule has 0 unspecified atom stereocenters. The average molecular weight is 321 g/mol. The van der Waals surface area contributed by atoms with Crippen molar-refractivity contribution in [3.05, 3.63) is 36.0 Å². The lowest BCUT2D eigenvalue weighted by molar-refractivity contribution is 0.235. The molecule has 1 heterocycles. The molecule has 4 heteroatoms. The summed E-state index contributed by atoms with van der Waals surface area (Å²) >= 11 is 1.98. The number of fused-ring (bicyclic) bond motifs is 1. The van der Waals surface area contributed by atoms with Gasteiger partial charge in [0.1, 0.15) is 0 Å². The molecule has 0 saturated heterocycles. The first-order chi connectivity index (χ1) is 10.6. The van der Waals surface area contributed by atoms with E-state index in [9.17, 15) is 5.11 Å². The summed E-state index contributed by atoms with van der Waals surface area (Å²) in [6, 6.07) is 8.84. The zero-order valence-electron chi connectivity index (χ0n) is 13.8. The minimum atomic E-state index is 0.105. The van der Waals surface area contributed by atoms with Crippen LogP contribution in [-0.4, -0.2) is 40.3 Å². The highest BCUT2D eigenvalue weighted by Crippen LogP contribution is 2.19. The molecule has 3 N–H and O–H groups in total. The van der Waals surface area contributed by atoms with Crippen LogP contribution in [0.1, 0.15) is 26.3 Å². The molecule has 0 aliphatic carbocycles. The fourth-order valence-corrected chi connectivity index (χ4v) is 3.73. The number of hydrogen-bond donors (Lipinski definition) is 3. The molecule has 2 atom stereocenters. The van der Waals surface area contributed by atoms with Gasteiger partial charge >= 0.3 is 0 Å². The quantitative estimate of drug-likeness (QED) is 0.663. The molecule has 0 aliphatic rings. The molecule has 1 aromatic heterocycles. The minimum Gasteiger partial charge on any atom is -0.395 e. The molecule has 2 rings (SSSR count). The van der Waals surface area contributed by atoms with Crippen LogP contribution in [-0.2, 0) is 6.42 Å². The highest BCUT2D eigenvalue weighted by molar-refractivity contribution is 7.99. The lowest BCUT2D eigenvalue weighted by atomic mass is 10.0. The Bertz CT molecular complexity index is 567. The maximum absolute atomic E-state index is 9.68. The summed E-state index contributed by atoms with van der Waals surface area (Å²) in [5.41, 5.74) is 2.43. The summed E-state index contributed by atoms with van der Waals surface area (Å²) in [5.74, 6) is 3.01. The number of benzene rings is 1. The minimum absolute atomic E-state index is 0.105. The fourth-order valence-electron chi connectivity index (χ4n) is 2.67. The van der Waals surface area contributed by atoms with Gasteiger partial charge < -0.3 is 15.4 Å². The average Bonchev–Trinajstić information content (AvgIpc) is 2.89. The fraction of sp³-hybridized carbons (Fsp3) is 0.556. The Hall–Kier alpha value is -0.970. The molecular weight excluding hydrogens is 292 g/mol. The number of hydrogen-bond acceptors (Lipinski definition) is 3. The van der Waals surface area contributed by atoms with E-state index in [0.29, 0.717) is 6.04 Å². The molecule has 0 saturated carbocycles. The highest BCUT2D eigenvalue weighted by atomic mass is 32.2. The number of para-hydroxylation sites is 1. The standard InChI is InChI=1S/C18H28N2OS/c1-13(2)11-22-12-14(3)20-16(10-21)8-15-9-19-18-7-5-4-6-17(15)18/h4-7,9,13-14,16,19-21H,8,10-12H2,1-3H3/t14-,16+/m1/s1. The van der Waals surface area contributed by atoms with E-state index >= 15 is 0 Å². The van der Waals surface area contributed by atoms with Crippen LogP contribution >= 0.6 is 11.8 Å². The molecule has 0 aliphatic heterocycles. The summed E-state index contributed by atoms with van der Waals surface area (Å²) in [5, 5.41) is 14.5. The van der Waals surface area contributed by atoms with Gasteiger partial charge in [-0.05, 0) is 36.6 Å². The van der Waals surface area contributed by atoms with Crippen molar-refractivity contribution < 1.29 is 5.11 Å². The monoisotopic (exact) mass is 320 g/mol. The van der Waals surface area contributed by atoms with Crippen LogP contribution in [0, 0.1) is 5.92 Å². The largest absolute Gasteiger partial charge is 0.395 e. The third-order valence-corrected chi connectivity index (χ3v) is 5.34. The Kier molecular flexibility index (Phi) is 6.80. The van der Waals surface area contributed by atoms with Crippen molar-refractivity contribution in [3.8, 4) is 0 Å². The number of aliphatic hydroxyl groups is 1. The van der Waals surface area contributed by atoms with Gasteiger partial charge in [-0.15, -0.1) is 0 Å². The Labute approximate surface area is 137 Å². The van der Waals surface area contributed by atoms with Gasteiger partial charge in [0.05, 0.1) is 6.61 Å². The van der Waals surface area contributed by atoms with Crippen LogP contribution in [0.2, 0.25) is 0 Å². The molecule has 1 aromatic carbocycles. The topological polar surface area (TPSA) is 48.0 Å². The summed E-state index contributed by atoms with van der Waals surface area (Å²) in [4.78, 5) is 3.30. The van der Waals surface area contributed by atoms with Gasteiger partial charge in [-0.1, -0.05) is 32.0 Å². The molecule has 122 valence electrons. The first-order valence-electron chi connectivity index (χ1n) is 8.09. The van der Waals surface area contributed by atoms with E-state index in [1.165, 1.54) is 16.7 Å². The molecule has 0 spiro atoms. The number of aromatic nitrogens is 1. The first kappa shape index (κ1) is 17.4. The third-order valence-electron chi connectivity index (χ3n) is 3.70. The Balaban J connectivity index is 1.89. The van der Waals surface area contributed by atoms with Gasteiger partial charge in [-0.3, -0.25) is 0 Å². The normalized spacial score (nSPS) is 14.6. The SMILES string of the molecule is CC(C)CSC[C@@H](C)N[C@H](CO)Cc1c[nH]c2ccccc12. The van der Waals surface area contributed by atoms with E-state index < -0.39 is 0 Å². The zero-order valence-corrected chi connectivity index (χ0v) is 14.6. The predicted octanol–water partition coefficient (Wildman–Crippen LogP) is 3.44. The predicted molar refractivity (Wildman–Crippen MR) is 97.6 cm³/mol. The number of nitrogens with one attached hydrogen (secondary N) is 2. The van der Waals surface area contributed by atoms with Gasteiger partial charge in [0.2, 0.25) is 0 Å². The Morgan fingerprint density at radius 2 is 1.95 bits per heavy atom. The van der Waals surface area contributed by atoms with Crippen LogP contribution in [0.5, 0.6) is 0 Å². The molecule has 0 bridgehead atoms. The van der Waals surface area contributed by atoms with Crippen molar-refractivity contribution in [1.29, 1.82) is 0 Å². The van der Waals surface area contributed by atoms with Crippen molar-refractivity contribution in [2.24, 2.45) is 5.92 Å². The molecule has 22 heavy (non-hydrogen) atoms. The number of rotatable bonds is 9. The summed E-state index contributed by atoms with van der Waals surface area (Å²) < 4.78 is 0. The second-order valence-corrected chi connectivity index (χ2v) is 7.52. The smallest absolute Gasteiger partial charge is 0.0587 e. The molecule has 2 aromatic rings. The third kappa shape index (κ3) is 5.04. The van der Waals surface area contributed by atoms with Gasteiger partial charge in [0.25, 0.3) is 0 Å². The second kappa shape index (κ2) is 8.61. The van der Waals surface area contributed by atoms with Crippen molar-refractivity contribution in [1.82, 2.24) is 10.3 Å². The van der Waals surface area contributed by atoms with Crippen LogP contribution in [0.25, 0.3) is 10.9 Å². The van der Waals surface area contributed by atoms with Crippen molar-refractivity contribution in [2.75, 3.05) is 18.1 Å². The summed E-state index contributed by atoms with van der Waals surface area (Å²) in [7, 11) is 0. The van der Waals surface area contributed by atoms with Crippen LogP contribution in [0.15, 0.2) is 30.5 Å². The van der Waals surface area contributed by atoms with E-state index in [1.807, 2.05) is 17.8 Å². The lowest BCUT2D eigenvalue weighted by Crippen LogP contribution is -2.41. The van der Waals surface area contributed by atoms with Gasteiger partial charge in [0, 0.05) is 34.9 Å². The van der Waals surface area contributed by atoms with E-state index in [-0.39, 0.29) is 12.6 Å². The number of aliphatic hydroxyl groups excluding tert-OH is 1. The first-order valence-corrected chi connectivity index (χ1v) is 9.25. The Morgan fingerprint density at radius 1 is 1.18 bits per heavy atom. The van der Waals surface area contributed by atoms with Crippen molar-refractivity contribution >= 4 is 22.7 Å².